The van der Waals surface area contributed by atoms with E-state index in [1.54, 1.807) is 55.1 Å². The van der Waals surface area contributed by atoms with Gasteiger partial charge in [-0.25, -0.2) is 9.78 Å². The van der Waals surface area contributed by atoms with Crippen molar-refractivity contribution in [2.24, 2.45) is 0 Å². The van der Waals surface area contributed by atoms with Crippen LogP contribution in [-0.2, 0) is 11.3 Å². The number of esters is 1. The second kappa shape index (κ2) is 8.04. The van der Waals surface area contributed by atoms with Crippen LogP contribution in [0.5, 0.6) is 0 Å². The molecule has 0 saturated carbocycles. The highest BCUT2D eigenvalue weighted by molar-refractivity contribution is 9.10. The molecule has 0 fully saturated rings. The smallest absolute Gasteiger partial charge is 0.338 e. The third-order valence-corrected chi connectivity index (χ3v) is 4.61. The Hall–Kier alpha value is -1.82. The van der Waals surface area contributed by atoms with Gasteiger partial charge in [-0.3, -0.25) is 0 Å². The summed E-state index contributed by atoms with van der Waals surface area (Å²) < 4.78 is 8.36. The molecule has 0 spiro atoms. The first-order chi connectivity index (χ1) is 12.0. The molecule has 0 aliphatic heterocycles. The summed E-state index contributed by atoms with van der Waals surface area (Å²) in [4.78, 5) is 16.6. The topological polar surface area (TPSA) is 44.1 Å². The lowest BCUT2D eigenvalue weighted by Crippen LogP contribution is -2.17. The fraction of sp³-hybridized carbons (Fsp3) is 0.111. The largest absolute Gasteiger partial charge is 0.452 e. The summed E-state index contributed by atoms with van der Waals surface area (Å²) >= 11 is 15.6. The number of halogens is 3. The zero-order valence-electron chi connectivity index (χ0n) is 12.9. The highest BCUT2D eigenvalue weighted by atomic mass is 79.9. The predicted molar refractivity (Wildman–Crippen MR) is 101 cm³/mol. The highest BCUT2D eigenvalue weighted by Gasteiger charge is 2.21. The van der Waals surface area contributed by atoms with Crippen molar-refractivity contribution in [1.29, 1.82) is 0 Å². The Labute approximate surface area is 163 Å². The Morgan fingerprint density at radius 1 is 1.24 bits per heavy atom. The van der Waals surface area contributed by atoms with Crippen molar-refractivity contribution in [3.05, 3.63) is 86.8 Å². The first kappa shape index (κ1) is 18.0. The number of hydrogen-bond donors (Lipinski definition) is 0. The normalized spacial score (nSPS) is 12.0. The van der Waals surface area contributed by atoms with Crippen LogP contribution in [-0.4, -0.2) is 15.5 Å². The Morgan fingerprint density at radius 2 is 2.08 bits per heavy atom. The van der Waals surface area contributed by atoms with Gasteiger partial charge in [0.25, 0.3) is 0 Å². The SMILES string of the molecule is O=C(OC(Cn1ccnc1)c1ccc(Cl)cc1Cl)c1cccc(Br)c1. The van der Waals surface area contributed by atoms with Crippen molar-refractivity contribution in [3.8, 4) is 0 Å². The minimum atomic E-state index is -0.578. The van der Waals surface area contributed by atoms with Crippen molar-refractivity contribution < 1.29 is 9.53 Å². The van der Waals surface area contributed by atoms with E-state index in [-0.39, 0.29) is 0 Å². The molecule has 1 aromatic heterocycles. The highest BCUT2D eigenvalue weighted by Crippen LogP contribution is 2.30. The van der Waals surface area contributed by atoms with Crippen molar-refractivity contribution in [2.75, 3.05) is 0 Å². The van der Waals surface area contributed by atoms with Crippen LogP contribution in [0.2, 0.25) is 10.0 Å². The van der Waals surface area contributed by atoms with Gasteiger partial charge in [0.15, 0.2) is 0 Å². The van der Waals surface area contributed by atoms with Gasteiger partial charge in [0.2, 0.25) is 0 Å². The number of hydrogen-bond acceptors (Lipinski definition) is 3. The van der Waals surface area contributed by atoms with Crippen molar-refractivity contribution in [3.63, 3.8) is 0 Å². The molecule has 1 heterocycles. The molecule has 25 heavy (non-hydrogen) atoms. The number of ether oxygens (including phenoxy) is 1. The third-order valence-electron chi connectivity index (χ3n) is 3.55. The van der Waals surface area contributed by atoms with Crippen LogP contribution in [0.4, 0.5) is 0 Å². The lowest BCUT2D eigenvalue weighted by Gasteiger charge is -2.20. The summed E-state index contributed by atoms with van der Waals surface area (Å²) in [6.45, 7) is 0.390. The summed E-state index contributed by atoms with van der Waals surface area (Å²) in [5, 5.41) is 0.966. The molecule has 1 atom stereocenters. The van der Waals surface area contributed by atoms with E-state index in [2.05, 4.69) is 20.9 Å². The minimum Gasteiger partial charge on any atom is -0.452 e. The lowest BCUT2D eigenvalue weighted by molar-refractivity contribution is 0.0255. The molecule has 0 amide bonds. The molecule has 1 unspecified atom stereocenters. The number of carbonyl (C=O) groups excluding carboxylic acids is 1. The fourth-order valence-corrected chi connectivity index (χ4v) is 3.29. The van der Waals surface area contributed by atoms with Gasteiger partial charge in [0, 0.05) is 32.5 Å². The first-order valence-electron chi connectivity index (χ1n) is 7.40. The molecule has 0 bridgehead atoms. The number of benzene rings is 2. The Bertz CT molecular complexity index is 885. The minimum absolute atomic E-state index is 0.390. The molecular weight excluding hydrogens is 427 g/mol. The van der Waals surface area contributed by atoms with Gasteiger partial charge in [0.1, 0.15) is 6.10 Å². The zero-order chi connectivity index (χ0) is 17.8. The first-order valence-corrected chi connectivity index (χ1v) is 8.95. The van der Waals surface area contributed by atoms with Gasteiger partial charge < -0.3 is 9.30 Å². The molecule has 0 radical (unpaired) electrons. The monoisotopic (exact) mass is 438 g/mol. The molecule has 0 aliphatic rings. The van der Waals surface area contributed by atoms with E-state index in [9.17, 15) is 4.79 Å². The number of aromatic nitrogens is 2. The third kappa shape index (κ3) is 4.63. The van der Waals surface area contributed by atoms with Gasteiger partial charge in [-0.15, -0.1) is 0 Å². The van der Waals surface area contributed by atoms with Crippen LogP contribution in [0.25, 0.3) is 0 Å². The second-order valence-electron chi connectivity index (χ2n) is 5.33. The van der Waals surface area contributed by atoms with Crippen LogP contribution in [0.1, 0.15) is 22.0 Å². The quantitative estimate of drug-likeness (QED) is 0.489. The van der Waals surface area contributed by atoms with E-state index in [1.807, 2.05) is 10.6 Å². The second-order valence-corrected chi connectivity index (χ2v) is 7.09. The average Bonchev–Trinajstić information content (AvgIpc) is 3.07. The number of nitrogens with zero attached hydrogens (tertiary/aromatic N) is 2. The Kier molecular flexibility index (Phi) is 5.78. The van der Waals surface area contributed by atoms with Crippen LogP contribution in [0.3, 0.4) is 0 Å². The van der Waals surface area contributed by atoms with Crippen LogP contribution in [0.15, 0.2) is 65.7 Å². The molecule has 0 saturated heterocycles. The van der Waals surface area contributed by atoms with Gasteiger partial charge >= 0.3 is 5.97 Å². The molecule has 0 aliphatic carbocycles. The Morgan fingerprint density at radius 3 is 2.76 bits per heavy atom. The summed E-state index contributed by atoms with van der Waals surface area (Å²) in [6, 6.07) is 12.1. The molecule has 3 aromatic rings. The summed E-state index contributed by atoms with van der Waals surface area (Å²) in [5.41, 5.74) is 1.14. The molecular formula is C18H13BrCl2N2O2. The van der Waals surface area contributed by atoms with Crippen molar-refractivity contribution >= 4 is 45.1 Å². The molecule has 0 N–H and O–H groups in total. The summed E-state index contributed by atoms with van der Waals surface area (Å²) in [7, 11) is 0. The van der Waals surface area contributed by atoms with E-state index >= 15 is 0 Å². The van der Waals surface area contributed by atoms with Gasteiger partial charge in [-0.2, -0.15) is 0 Å². The molecule has 2 aromatic carbocycles. The summed E-state index contributed by atoms with van der Waals surface area (Å²) in [6.07, 6.45) is 4.54. The van der Waals surface area contributed by atoms with Gasteiger partial charge in [-0.05, 0) is 30.3 Å². The molecule has 3 rings (SSSR count). The maximum atomic E-state index is 12.6. The number of carbonyl (C=O) groups is 1. The maximum absolute atomic E-state index is 12.6. The van der Waals surface area contributed by atoms with Gasteiger partial charge in [-0.1, -0.05) is 51.3 Å². The van der Waals surface area contributed by atoms with E-state index in [0.29, 0.717) is 27.7 Å². The van der Waals surface area contributed by atoms with Crippen LogP contribution in [0, 0.1) is 0 Å². The average molecular weight is 440 g/mol. The number of rotatable bonds is 5. The van der Waals surface area contributed by atoms with E-state index in [4.69, 9.17) is 27.9 Å². The van der Waals surface area contributed by atoms with Crippen molar-refractivity contribution in [2.45, 2.75) is 12.6 Å². The van der Waals surface area contributed by atoms with Crippen molar-refractivity contribution in [1.82, 2.24) is 9.55 Å². The predicted octanol–water partition coefficient (Wildman–Crippen LogP) is 5.55. The lowest BCUT2D eigenvalue weighted by atomic mass is 10.1. The van der Waals surface area contributed by atoms with E-state index < -0.39 is 12.1 Å². The fourth-order valence-electron chi connectivity index (χ4n) is 2.36. The van der Waals surface area contributed by atoms with Crippen LogP contribution < -0.4 is 0 Å². The van der Waals surface area contributed by atoms with E-state index in [1.165, 1.54) is 0 Å². The zero-order valence-corrected chi connectivity index (χ0v) is 16.0. The van der Waals surface area contributed by atoms with Gasteiger partial charge in [0.05, 0.1) is 18.4 Å². The maximum Gasteiger partial charge on any atom is 0.338 e. The number of imidazole rings is 1. The molecule has 128 valence electrons. The van der Waals surface area contributed by atoms with E-state index in [0.717, 1.165) is 4.47 Å². The summed E-state index contributed by atoms with van der Waals surface area (Å²) in [5.74, 6) is -0.433. The van der Waals surface area contributed by atoms with Crippen LogP contribution >= 0.6 is 39.1 Å². The standard InChI is InChI=1S/C18H13BrCl2N2O2/c19-13-3-1-2-12(8-13)18(24)25-17(10-23-7-6-22-11-23)15-5-4-14(20)9-16(15)21/h1-9,11,17H,10H2. The molecule has 7 heteroatoms. The molecule has 4 nitrogen and oxygen atoms in total. The Balaban J connectivity index is 1.89.